The van der Waals surface area contributed by atoms with E-state index in [1.54, 1.807) is 0 Å². The molecule has 1 fully saturated rings. The van der Waals surface area contributed by atoms with Crippen molar-refractivity contribution in [3.63, 3.8) is 0 Å². The molecule has 1 heteroatoms. The van der Waals surface area contributed by atoms with E-state index < -0.39 is 0 Å². The fourth-order valence-corrected chi connectivity index (χ4v) is 2.32. The first-order valence-corrected chi connectivity index (χ1v) is 6.80. The number of unbranched alkanes of at least 4 members (excludes halogenated alkanes) is 1. The third-order valence-electron chi connectivity index (χ3n) is 3.77. The molecule has 1 saturated carbocycles. The van der Waals surface area contributed by atoms with Crippen molar-refractivity contribution in [1.29, 1.82) is 0 Å². The molecule has 0 N–H and O–H groups in total. The maximum absolute atomic E-state index is 12.2. The molecule has 18 heavy (non-hydrogen) atoms. The molecule has 2 atom stereocenters. The van der Waals surface area contributed by atoms with Crippen LogP contribution in [0.4, 0.5) is 0 Å². The van der Waals surface area contributed by atoms with Gasteiger partial charge in [0.2, 0.25) is 0 Å². The third-order valence-corrected chi connectivity index (χ3v) is 3.77. The van der Waals surface area contributed by atoms with Gasteiger partial charge in [-0.2, -0.15) is 0 Å². The van der Waals surface area contributed by atoms with E-state index >= 15 is 0 Å². The van der Waals surface area contributed by atoms with Gasteiger partial charge >= 0.3 is 0 Å². The van der Waals surface area contributed by atoms with Crippen molar-refractivity contribution >= 4 is 5.78 Å². The van der Waals surface area contributed by atoms with Crippen LogP contribution in [0.25, 0.3) is 0 Å². The lowest BCUT2D eigenvalue weighted by molar-refractivity contribution is -0.122. The minimum atomic E-state index is -0.328. The van der Waals surface area contributed by atoms with E-state index in [1.807, 2.05) is 30.3 Å². The summed E-state index contributed by atoms with van der Waals surface area (Å²) in [4.78, 5) is 12.2. The summed E-state index contributed by atoms with van der Waals surface area (Å²) in [5, 5.41) is 0. The van der Waals surface area contributed by atoms with Crippen LogP contribution in [0.15, 0.2) is 30.3 Å². The van der Waals surface area contributed by atoms with Gasteiger partial charge in [0.1, 0.15) is 0 Å². The monoisotopic (exact) mass is 240 g/mol. The summed E-state index contributed by atoms with van der Waals surface area (Å²) in [7, 11) is 0. The largest absolute Gasteiger partial charge is 0.298 e. The summed E-state index contributed by atoms with van der Waals surface area (Å²) in [6, 6.07) is 9.92. The fourth-order valence-electron chi connectivity index (χ4n) is 2.32. The van der Waals surface area contributed by atoms with Crippen molar-refractivity contribution in [2.45, 2.75) is 39.5 Å². The predicted octanol–water partition coefficient (Wildman–Crippen LogP) is 3.82. The minimum Gasteiger partial charge on any atom is -0.298 e. The van der Waals surface area contributed by atoms with Gasteiger partial charge in [-0.15, -0.1) is 0 Å². The molecule has 94 valence electrons. The Morgan fingerprint density at radius 3 is 2.61 bits per heavy atom. The molecule has 1 aromatic rings. The van der Waals surface area contributed by atoms with Gasteiger partial charge in [-0.25, -0.2) is 0 Å². The molecule has 0 radical (unpaired) electrons. The second kappa shape index (κ2) is 5.40. The van der Waals surface area contributed by atoms with Gasteiger partial charge < -0.3 is 0 Å². The smallest absolute Gasteiger partial charge is 0.151 e. The highest BCUT2D eigenvalue weighted by atomic mass is 16.1. The Kier molecular flexibility index (Phi) is 3.87. The van der Waals surface area contributed by atoms with Crippen molar-refractivity contribution in [1.82, 2.24) is 0 Å². The van der Waals surface area contributed by atoms with Crippen LogP contribution in [0, 0.1) is 23.2 Å². The van der Waals surface area contributed by atoms with E-state index in [9.17, 15) is 4.79 Å². The molecular formula is C17H20O. The van der Waals surface area contributed by atoms with E-state index in [2.05, 4.69) is 25.7 Å². The zero-order valence-corrected chi connectivity index (χ0v) is 11.2. The van der Waals surface area contributed by atoms with Gasteiger partial charge in [0.05, 0.1) is 5.41 Å². The van der Waals surface area contributed by atoms with Crippen LogP contribution in [0.2, 0.25) is 0 Å². The molecule has 1 aromatic carbocycles. The highest BCUT2D eigenvalue weighted by Gasteiger charge is 2.55. The average Bonchev–Trinajstić information content (AvgIpc) is 3.07. The SMILES string of the molecule is CCCCC(=O)[C@]1(C#Cc2ccccc2)C[C@H]1C. The number of hydrogen-bond acceptors (Lipinski definition) is 1. The summed E-state index contributed by atoms with van der Waals surface area (Å²) in [6.45, 7) is 4.25. The van der Waals surface area contributed by atoms with Crippen LogP contribution < -0.4 is 0 Å². The molecule has 0 saturated heterocycles. The van der Waals surface area contributed by atoms with Gasteiger partial charge in [-0.05, 0) is 30.9 Å². The predicted molar refractivity (Wildman–Crippen MR) is 74.1 cm³/mol. The van der Waals surface area contributed by atoms with Gasteiger partial charge in [0, 0.05) is 12.0 Å². The molecule has 0 unspecified atom stereocenters. The quantitative estimate of drug-likeness (QED) is 0.731. The Balaban J connectivity index is 2.11. The van der Waals surface area contributed by atoms with Crippen LogP contribution in [-0.2, 0) is 4.79 Å². The summed E-state index contributed by atoms with van der Waals surface area (Å²) in [5.41, 5.74) is 0.671. The van der Waals surface area contributed by atoms with E-state index in [0.717, 1.165) is 24.8 Å². The second-order valence-electron chi connectivity index (χ2n) is 5.22. The van der Waals surface area contributed by atoms with Crippen molar-refractivity contribution in [2.75, 3.05) is 0 Å². The fraction of sp³-hybridized carbons (Fsp3) is 0.471. The number of carbonyl (C=O) groups is 1. The lowest BCUT2D eigenvalue weighted by atomic mass is 9.94. The molecule has 0 amide bonds. The Morgan fingerprint density at radius 1 is 1.39 bits per heavy atom. The normalized spacial score (nSPS) is 25.1. The second-order valence-corrected chi connectivity index (χ2v) is 5.22. The third kappa shape index (κ3) is 2.64. The van der Waals surface area contributed by atoms with Crippen molar-refractivity contribution in [3.8, 4) is 11.8 Å². The molecule has 1 aliphatic carbocycles. The highest BCUT2D eigenvalue weighted by Crippen LogP contribution is 2.53. The van der Waals surface area contributed by atoms with Gasteiger partial charge in [-0.3, -0.25) is 4.79 Å². The number of hydrogen-bond donors (Lipinski definition) is 0. The molecule has 0 bridgehead atoms. The summed E-state index contributed by atoms with van der Waals surface area (Å²) in [5.74, 6) is 7.19. The van der Waals surface area contributed by atoms with Gasteiger partial charge in [0.15, 0.2) is 5.78 Å². The minimum absolute atomic E-state index is 0.328. The topological polar surface area (TPSA) is 17.1 Å². The van der Waals surface area contributed by atoms with Crippen LogP contribution >= 0.6 is 0 Å². The van der Waals surface area contributed by atoms with Crippen LogP contribution in [0.3, 0.4) is 0 Å². The zero-order valence-electron chi connectivity index (χ0n) is 11.2. The number of Topliss-reactive ketones (excluding diaryl/α,β-unsaturated/α-hetero) is 1. The van der Waals surface area contributed by atoms with E-state index in [0.29, 0.717) is 18.1 Å². The number of carbonyl (C=O) groups excluding carboxylic acids is 1. The Bertz CT molecular complexity index is 477. The Labute approximate surface area is 110 Å². The van der Waals surface area contributed by atoms with Crippen LogP contribution in [-0.4, -0.2) is 5.78 Å². The standard InChI is InChI=1S/C17H20O/c1-3-4-10-16(18)17(13-14(17)2)12-11-15-8-6-5-7-9-15/h5-9,14H,3-4,10,13H2,1-2H3/t14-,17-/m1/s1. The summed E-state index contributed by atoms with van der Waals surface area (Å²) in [6.07, 6.45) is 3.68. The first-order chi connectivity index (χ1) is 8.69. The highest BCUT2D eigenvalue weighted by molar-refractivity contribution is 5.91. The molecule has 2 rings (SSSR count). The molecule has 1 nitrogen and oxygen atoms in total. The molecule has 0 aromatic heterocycles. The van der Waals surface area contributed by atoms with Crippen molar-refractivity contribution < 1.29 is 4.79 Å². The first-order valence-electron chi connectivity index (χ1n) is 6.80. The first kappa shape index (κ1) is 12.9. The number of rotatable bonds is 4. The Morgan fingerprint density at radius 2 is 2.06 bits per heavy atom. The average molecular weight is 240 g/mol. The maximum Gasteiger partial charge on any atom is 0.151 e. The lowest BCUT2D eigenvalue weighted by Gasteiger charge is -2.07. The van der Waals surface area contributed by atoms with E-state index in [1.165, 1.54) is 0 Å². The zero-order chi connectivity index (χ0) is 13.0. The van der Waals surface area contributed by atoms with E-state index in [-0.39, 0.29) is 5.41 Å². The lowest BCUT2D eigenvalue weighted by Crippen LogP contribution is -2.15. The maximum atomic E-state index is 12.2. The van der Waals surface area contributed by atoms with E-state index in [4.69, 9.17) is 0 Å². The molecule has 0 spiro atoms. The number of ketones is 1. The molecule has 0 heterocycles. The molecule has 0 aliphatic heterocycles. The Hall–Kier alpha value is -1.55. The number of benzene rings is 1. The van der Waals surface area contributed by atoms with Crippen LogP contribution in [0.5, 0.6) is 0 Å². The van der Waals surface area contributed by atoms with Gasteiger partial charge in [0.25, 0.3) is 0 Å². The molecule has 1 aliphatic rings. The molecular weight excluding hydrogens is 220 g/mol. The summed E-state index contributed by atoms with van der Waals surface area (Å²) >= 11 is 0. The summed E-state index contributed by atoms with van der Waals surface area (Å²) < 4.78 is 0. The van der Waals surface area contributed by atoms with Crippen molar-refractivity contribution in [2.24, 2.45) is 11.3 Å². The van der Waals surface area contributed by atoms with Crippen LogP contribution in [0.1, 0.15) is 45.1 Å². The van der Waals surface area contributed by atoms with Crippen molar-refractivity contribution in [3.05, 3.63) is 35.9 Å². The van der Waals surface area contributed by atoms with Gasteiger partial charge in [-0.1, -0.05) is 50.3 Å².